The average Bonchev–Trinajstić information content (AvgIpc) is 2.11. The van der Waals surface area contributed by atoms with Gasteiger partial charge in [-0.1, -0.05) is 28.3 Å². The zero-order valence-electron chi connectivity index (χ0n) is 7.45. The van der Waals surface area contributed by atoms with Crippen LogP contribution >= 0.6 is 23.2 Å². The molecule has 0 unspecified atom stereocenters. The number of halogens is 2. The molecule has 14 heavy (non-hydrogen) atoms. The third kappa shape index (κ3) is 3.88. The van der Waals surface area contributed by atoms with Crippen LogP contribution in [0, 0.1) is 0 Å². The zero-order chi connectivity index (χ0) is 10.4. The van der Waals surface area contributed by atoms with E-state index in [0.29, 0.717) is 16.6 Å². The molecule has 1 aromatic rings. The van der Waals surface area contributed by atoms with Crippen molar-refractivity contribution in [3.63, 3.8) is 0 Å². The standard InChI is InChI=1S/C9H9Cl2N3/c10-8-4-7(5-9(11)6-8)2-1-3-13-14-12/h4-6H,1-3H2. The summed E-state index contributed by atoms with van der Waals surface area (Å²) in [4.78, 5) is 2.67. The van der Waals surface area contributed by atoms with E-state index in [1.165, 1.54) is 0 Å². The normalized spacial score (nSPS) is 9.57. The molecule has 0 saturated carbocycles. The van der Waals surface area contributed by atoms with Gasteiger partial charge in [-0.2, -0.15) is 0 Å². The molecule has 1 aromatic carbocycles. The van der Waals surface area contributed by atoms with Crippen LogP contribution in [0.25, 0.3) is 10.4 Å². The van der Waals surface area contributed by atoms with Gasteiger partial charge in [-0.05, 0) is 42.1 Å². The van der Waals surface area contributed by atoms with E-state index in [-0.39, 0.29) is 0 Å². The van der Waals surface area contributed by atoms with Crippen LogP contribution in [0.1, 0.15) is 12.0 Å². The summed E-state index contributed by atoms with van der Waals surface area (Å²) in [7, 11) is 0. The fraction of sp³-hybridized carbons (Fsp3) is 0.333. The Hall–Kier alpha value is -0.890. The van der Waals surface area contributed by atoms with E-state index in [9.17, 15) is 0 Å². The molecule has 0 amide bonds. The minimum Gasteiger partial charge on any atom is -0.0940 e. The van der Waals surface area contributed by atoms with E-state index in [1.807, 2.05) is 12.1 Å². The summed E-state index contributed by atoms with van der Waals surface area (Å²) in [6.45, 7) is 0.501. The first-order chi connectivity index (χ1) is 6.72. The van der Waals surface area contributed by atoms with Crippen LogP contribution in [0.15, 0.2) is 23.3 Å². The van der Waals surface area contributed by atoms with Gasteiger partial charge >= 0.3 is 0 Å². The van der Waals surface area contributed by atoms with Gasteiger partial charge in [0.25, 0.3) is 0 Å². The first-order valence-corrected chi connectivity index (χ1v) is 4.94. The van der Waals surface area contributed by atoms with E-state index in [0.717, 1.165) is 18.4 Å². The van der Waals surface area contributed by atoms with Crippen LogP contribution in [-0.2, 0) is 6.42 Å². The van der Waals surface area contributed by atoms with Gasteiger partial charge in [0.05, 0.1) is 0 Å². The number of nitrogens with zero attached hydrogens (tertiary/aromatic N) is 3. The molecule has 0 aliphatic rings. The van der Waals surface area contributed by atoms with Gasteiger partial charge in [0.2, 0.25) is 0 Å². The summed E-state index contributed by atoms with van der Waals surface area (Å²) in [6, 6.07) is 5.42. The first-order valence-electron chi connectivity index (χ1n) is 4.18. The summed E-state index contributed by atoms with van der Waals surface area (Å²) in [5.41, 5.74) is 9.13. The minimum absolute atomic E-state index is 0.501. The van der Waals surface area contributed by atoms with Crippen LogP contribution < -0.4 is 0 Å². The molecule has 0 aromatic heterocycles. The highest BCUT2D eigenvalue weighted by Crippen LogP contribution is 2.19. The van der Waals surface area contributed by atoms with E-state index >= 15 is 0 Å². The third-order valence-corrected chi connectivity index (χ3v) is 2.15. The maximum atomic E-state index is 8.07. The molecule has 0 spiro atoms. The molecule has 0 aliphatic carbocycles. The van der Waals surface area contributed by atoms with Crippen molar-refractivity contribution in [1.82, 2.24) is 0 Å². The molecule has 0 N–H and O–H groups in total. The predicted molar refractivity (Wildman–Crippen MR) is 58.8 cm³/mol. The molecule has 0 aliphatic heterocycles. The predicted octanol–water partition coefficient (Wildman–Crippen LogP) is 4.24. The Balaban J connectivity index is 2.54. The van der Waals surface area contributed by atoms with Gasteiger partial charge in [-0.25, -0.2) is 0 Å². The summed E-state index contributed by atoms with van der Waals surface area (Å²) in [6.07, 6.45) is 1.63. The van der Waals surface area contributed by atoms with Gasteiger partial charge < -0.3 is 0 Å². The molecule has 74 valence electrons. The fourth-order valence-corrected chi connectivity index (χ4v) is 1.73. The van der Waals surface area contributed by atoms with Crippen molar-refractivity contribution in [2.45, 2.75) is 12.8 Å². The lowest BCUT2D eigenvalue weighted by Gasteiger charge is -2.01. The van der Waals surface area contributed by atoms with Gasteiger partial charge in [0, 0.05) is 21.5 Å². The van der Waals surface area contributed by atoms with Crippen molar-refractivity contribution >= 4 is 23.2 Å². The topological polar surface area (TPSA) is 48.8 Å². The van der Waals surface area contributed by atoms with Crippen LogP contribution in [-0.4, -0.2) is 6.54 Å². The highest BCUT2D eigenvalue weighted by Gasteiger charge is 1.97. The van der Waals surface area contributed by atoms with Crippen LogP contribution in [0.2, 0.25) is 10.0 Å². The number of aryl methyl sites for hydroxylation is 1. The highest BCUT2D eigenvalue weighted by atomic mass is 35.5. The second kappa shape index (κ2) is 5.76. The largest absolute Gasteiger partial charge is 0.0940 e. The van der Waals surface area contributed by atoms with Crippen molar-refractivity contribution < 1.29 is 0 Å². The smallest absolute Gasteiger partial charge is 0.0423 e. The lowest BCUT2D eigenvalue weighted by molar-refractivity contribution is 0.827. The van der Waals surface area contributed by atoms with E-state index in [4.69, 9.17) is 28.7 Å². The Morgan fingerprint density at radius 2 is 1.86 bits per heavy atom. The molecule has 3 nitrogen and oxygen atoms in total. The molecular formula is C9H9Cl2N3. The summed E-state index contributed by atoms with van der Waals surface area (Å²) >= 11 is 11.6. The molecule has 1 rings (SSSR count). The van der Waals surface area contributed by atoms with E-state index in [1.54, 1.807) is 6.07 Å². The minimum atomic E-state index is 0.501. The number of azide groups is 1. The quantitative estimate of drug-likeness (QED) is 0.321. The zero-order valence-corrected chi connectivity index (χ0v) is 8.96. The number of hydrogen-bond donors (Lipinski definition) is 0. The highest BCUT2D eigenvalue weighted by molar-refractivity contribution is 6.34. The van der Waals surface area contributed by atoms with Crippen LogP contribution in [0.5, 0.6) is 0 Å². The van der Waals surface area contributed by atoms with Crippen LogP contribution in [0.4, 0.5) is 0 Å². The second-order valence-corrected chi connectivity index (χ2v) is 3.71. The maximum absolute atomic E-state index is 8.07. The molecule has 5 heteroatoms. The Morgan fingerprint density at radius 1 is 1.21 bits per heavy atom. The second-order valence-electron chi connectivity index (χ2n) is 2.84. The van der Waals surface area contributed by atoms with Crippen molar-refractivity contribution in [2.24, 2.45) is 5.11 Å². The molecule has 0 fully saturated rings. The summed E-state index contributed by atoms with van der Waals surface area (Å²) < 4.78 is 0. The number of hydrogen-bond acceptors (Lipinski definition) is 1. The number of benzene rings is 1. The van der Waals surface area contributed by atoms with Crippen LogP contribution in [0.3, 0.4) is 0 Å². The lowest BCUT2D eigenvalue weighted by Crippen LogP contribution is -1.87. The van der Waals surface area contributed by atoms with Crippen molar-refractivity contribution in [2.75, 3.05) is 6.54 Å². The Morgan fingerprint density at radius 3 is 2.43 bits per heavy atom. The van der Waals surface area contributed by atoms with Gasteiger partial charge in [0.15, 0.2) is 0 Å². The fourth-order valence-electron chi connectivity index (χ4n) is 1.15. The average molecular weight is 230 g/mol. The van der Waals surface area contributed by atoms with Gasteiger partial charge in [-0.15, -0.1) is 0 Å². The van der Waals surface area contributed by atoms with Crippen molar-refractivity contribution in [1.29, 1.82) is 0 Å². The maximum Gasteiger partial charge on any atom is 0.0423 e. The van der Waals surface area contributed by atoms with Crippen molar-refractivity contribution in [3.8, 4) is 0 Å². The monoisotopic (exact) mass is 229 g/mol. The van der Waals surface area contributed by atoms with Crippen molar-refractivity contribution in [3.05, 3.63) is 44.3 Å². The Bertz CT molecular complexity index is 339. The molecule has 0 bridgehead atoms. The molecule has 0 heterocycles. The molecule has 0 radical (unpaired) electrons. The van der Waals surface area contributed by atoms with Gasteiger partial charge in [-0.3, -0.25) is 0 Å². The summed E-state index contributed by atoms with van der Waals surface area (Å²) in [5.74, 6) is 0. The SMILES string of the molecule is [N-]=[N+]=NCCCc1cc(Cl)cc(Cl)c1. The van der Waals surface area contributed by atoms with E-state index in [2.05, 4.69) is 10.0 Å². The van der Waals surface area contributed by atoms with Gasteiger partial charge in [0.1, 0.15) is 0 Å². The summed E-state index contributed by atoms with van der Waals surface area (Å²) in [5, 5.41) is 4.72. The number of rotatable bonds is 4. The Labute approximate surface area is 92.3 Å². The first kappa shape index (κ1) is 11.2. The molecule has 0 atom stereocenters. The Kier molecular flexibility index (Phi) is 4.60. The lowest BCUT2D eigenvalue weighted by atomic mass is 10.1. The third-order valence-electron chi connectivity index (χ3n) is 1.71. The van der Waals surface area contributed by atoms with E-state index < -0.39 is 0 Å². The molecular weight excluding hydrogens is 221 g/mol. The molecule has 0 saturated heterocycles.